The van der Waals surface area contributed by atoms with Gasteiger partial charge in [-0.1, -0.05) is 30.3 Å². The number of ether oxygens (including phenoxy) is 1. The Bertz CT molecular complexity index is 738. The van der Waals surface area contributed by atoms with Crippen molar-refractivity contribution in [2.75, 3.05) is 12.8 Å². The molecule has 0 saturated carbocycles. The monoisotopic (exact) mass is 283 g/mol. The number of benzene rings is 1. The summed E-state index contributed by atoms with van der Waals surface area (Å²) in [6.45, 7) is 0.761. The van der Waals surface area contributed by atoms with E-state index in [1.54, 1.807) is 7.11 Å². The first-order valence-electron chi connectivity index (χ1n) is 6.84. The van der Waals surface area contributed by atoms with Gasteiger partial charge in [0, 0.05) is 6.54 Å². The van der Waals surface area contributed by atoms with E-state index >= 15 is 0 Å². The van der Waals surface area contributed by atoms with Crippen molar-refractivity contribution in [2.24, 2.45) is 0 Å². The zero-order valence-electron chi connectivity index (χ0n) is 11.9. The van der Waals surface area contributed by atoms with Crippen LogP contribution in [0.5, 0.6) is 5.88 Å². The highest BCUT2D eigenvalue weighted by Gasteiger charge is 2.14. The Hall–Kier alpha value is -2.63. The fourth-order valence-corrected chi connectivity index (χ4v) is 2.39. The molecule has 2 N–H and O–H groups in total. The molecule has 0 saturated heterocycles. The number of nitrogens with zero attached hydrogens (tertiary/aromatic N) is 4. The quantitative estimate of drug-likeness (QED) is 0.775. The van der Waals surface area contributed by atoms with Gasteiger partial charge in [0.2, 0.25) is 11.8 Å². The number of hydrogen-bond donors (Lipinski definition) is 1. The number of anilines is 1. The van der Waals surface area contributed by atoms with Crippen LogP contribution >= 0.6 is 0 Å². The van der Waals surface area contributed by atoms with Crippen LogP contribution in [0, 0.1) is 0 Å². The first-order chi connectivity index (χ1) is 10.3. The second kappa shape index (κ2) is 5.78. The van der Waals surface area contributed by atoms with Crippen LogP contribution in [0.15, 0.2) is 36.7 Å². The van der Waals surface area contributed by atoms with Crippen LogP contribution in [0.25, 0.3) is 11.2 Å². The van der Waals surface area contributed by atoms with Crippen LogP contribution in [-0.4, -0.2) is 26.6 Å². The molecule has 0 radical (unpaired) electrons. The van der Waals surface area contributed by atoms with E-state index in [0.717, 1.165) is 19.4 Å². The highest BCUT2D eigenvalue weighted by atomic mass is 16.5. The van der Waals surface area contributed by atoms with Crippen LogP contribution in [0.1, 0.15) is 12.0 Å². The number of nitrogens with two attached hydrogens (primary N) is 1. The van der Waals surface area contributed by atoms with Gasteiger partial charge in [0.05, 0.1) is 7.11 Å². The molecular weight excluding hydrogens is 266 g/mol. The van der Waals surface area contributed by atoms with E-state index in [2.05, 4.69) is 27.1 Å². The molecule has 0 fully saturated rings. The van der Waals surface area contributed by atoms with E-state index in [9.17, 15) is 0 Å². The van der Waals surface area contributed by atoms with Crippen LogP contribution < -0.4 is 10.5 Å². The highest BCUT2D eigenvalue weighted by Crippen LogP contribution is 2.23. The lowest BCUT2D eigenvalue weighted by Gasteiger charge is -2.06. The van der Waals surface area contributed by atoms with Crippen molar-refractivity contribution in [2.45, 2.75) is 19.4 Å². The first kappa shape index (κ1) is 13.4. The van der Waals surface area contributed by atoms with Crippen molar-refractivity contribution >= 4 is 17.1 Å². The summed E-state index contributed by atoms with van der Waals surface area (Å²) in [5.74, 6) is 0.894. The molecule has 2 aromatic heterocycles. The van der Waals surface area contributed by atoms with Gasteiger partial charge in [-0.25, -0.2) is 9.97 Å². The van der Waals surface area contributed by atoms with E-state index in [-0.39, 0.29) is 0 Å². The maximum Gasteiger partial charge on any atom is 0.245 e. The van der Waals surface area contributed by atoms with Gasteiger partial charge >= 0.3 is 0 Å². The van der Waals surface area contributed by atoms with Gasteiger partial charge in [-0.2, -0.15) is 4.98 Å². The van der Waals surface area contributed by atoms with E-state index in [0.29, 0.717) is 23.0 Å². The van der Waals surface area contributed by atoms with Crippen molar-refractivity contribution in [1.29, 1.82) is 0 Å². The number of hydrogen-bond acceptors (Lipinski definition) is 5. The summed E-state index contributed by atoms with van der Waals surface area (Å²) >= 11 is 0. The molecule has 0 atom stereocenters. The summed E-state index contributed by atoms with van der Waals surface area (Å²) in [5.41, 5.74) is 8.62. The summed E-state index contributed by atoms with van der Waals surface area (Å²) < 4.78 is 7.09. The lowest BCUT2D eigenvalue weighted by atomic mass is 10.1. The Morgan fingerprint density at radius 1 is 1.19 bits per heavy atom. The van der Waals surface area contributed by atoms with Gasteiger partial charge in [-0.3, -0.25) is 4.57 Å². The molecule has 0 aliphatic rings. The largest absolute Gasteiger partial charge is 0.479 e. The molecule has 0 amide bonds. The van der Waals surface area contributed by atoms with Crippen LogP contribution in [0.3, 0.4) is 0 Å². The molecule has 6 heteroatoms. The molecule has 0 spiro atoms. The van der Waals surface area contributed by atoms with Gasteiger partial charge in [-0.15, -0.1) is 0 Å². The molecule has 0 aliphatic carbocycles. The smallest absolute Gasteiger partial charge is 0.245 e. The fraction of sp³-hybridized carbons (Fsp3) is 0.267. The zero-order valence-corrected chi connectivity index (χ0v) is 11.9. The molecule has 6 nitrogen and oxygen atoms in total. The molecule has 0 aliphatic heterocycles. The Morgan fingerprint density at radius 3 is 2.76 bits per heavy atom. The second-order valence-corrected chi connectivity index (χ2v) is 4.77. The van der Waals surface area contributed by atoms with Crippen molar-refractivity contribution in [3.05, 3.63) is 42.2 Å². The van der Waals surface area contributed by atoms with Gasteiger partial charge in [0.15, 0.2) is 11.2 Å². The standard InChI is InChI=1S/C15H17N5O/c1-21-14-12-13(17-10-18-14)20(15(16)19-12)9-5-8-11-6-3-2-4-7-11/h2-4,6-7,10H,5,8-9H2,1H3,(H2,16,19). The third-order valence-corrected chi connectivity index (χ3v) is 3.41. The van der Waals surface area contributed by atoms with Crippen LogP contribution in [-0.2, 0) is 13.0 Å². The number of nitrogen functional groups attached to an aromatic ring is 1. The number of methoxy groups -OCH3 is 1. The summed E-state index contributed by atoms with van der Waals surface area (Å²) in [6, 6.07) is 10.4. The van der Waals surface area contributed by atoms with E-state index in [4.69, 9.17) is 10.5 Å². The molecule has 0 bridgehead atoms. The number of aromatic nitrogens is 4. The number of imidazole rings is 1. The third kappa shape index (κ3) is 2.65. The van der Waals surface area contributed by atoms with Crippen molar-refractivity contribution in [3.8, 4) is 5.88 Å². The number of rotatable bonds is 5. The summed E-state index contributed by atoms with van der Waals surface area (Å²) in [4.78, 5) is 12.6. The molecule has 108 valence electrons. The Balaban J connectivity index is 1.79. The average molecular weight is 283 g/mol. The Kier molecular flexibility index (Phi) is 3.68. The SMILES string of the molecule is COc1ncnc2c1nc(N)n2CCCc1ccccc1. The molecule has 0 unspecified atom stereocenters. The van der Waals surface area contributed by atoms with Crippen LogP contribution in [0.4, 0.5) is 5.95 Å². The fourth-order valence-electron chi connectivity index (χ4n) is 2.39. The van der Waals surface area contributed by atoms with Crippen LogP contribution in [0.2, 0.25) is 0 Å². The summed E-state index contributed by atoms with van der Waals surface area (Å²) in [5, 5.41) is 0. The molecule has 2 heterocycles. The van der Waals surface area contributed by atoms with Gasteiger partial charge in [0.25, 0.3) is 0 Å². The van der Waals surface area contributed by atoms with E-state index in [1.807, 2.05) is 22.8 Å². The summed E-state index contributed by atoms with van der Waals surface area (Å²) in [7, 11) is 1.56. The van der Waals surface area contributed by atoms with Crippen molar-refractivity contribution in [3.63, 3.8) is 0 Å². The number of fused-ring (bicyclic) bond motifs is 1. The van der Waals surface area contributed by atoms with Gasteiger partial charge in [-0.05, 0) is 18.4 Å². The predicted octanol–water partition coefficient (Wildman–Crippen LogP) is 2.05. The summed E-state index contributed by atoms with van der Waals surface area (Å²) in [6.07, 6.45) is 3.42. The lowest BCUT2D eigenvalue weighted by molar-refractivity contribution is 0.401. The van der Waals surface area contributed by atoms with Gasteiger partial charge in [0.1, 0.15) is 6.33 Å². The minimum atomic E-state index is 0.442. The normalized spacial score (nSPS) is 10.9. The predicted molar refractivity (Wildman–Crippen MR) is 81.1 cm³/mol. The maximum atomic E-state index is 5.98. The molecule has 21 heavy (non-hydrogen) atoms. The average Bonchev–Trinajstić information content (AvgIpc) is 2.84. The minimum Gasteiger partial charge on any atom is -0.479 e. The topological polar surface area (TPSA) is 78.8 Å². The molecular formula is C15H17N5O. The molecule has 3 aromatic rings. The minimum absolute atomic E-state index is 0.442. The van der Waals surface area contributed by atoms with E-state index < -0.39 is 0 Å². The Morgan fingerprint density at radius 2 is 2.00 bits per heavy atom. The molecule has 1 aromatic carbocycles. The van der Waals surface area contributed by atoms with Crippen molar-refractivity contribution < 1.29 is 4.74 Å². The third-order valence-electron chi connectivity index (χ3n) is 3.41. The number of aryl methyl sites for hydroxylation is 2. The second-order valence-electron chi connectivity index (χ2n) is 4.77. The molecule has 3 rings (SSSR count). The zero-order chi connectivity index (χ0) is 14.7. The van der Waals surface area contributed by atoms with E-state index in [1.165, 1.54) is 11.9 Å². The lowest BCUT2D eigenvalue weighted by Crippen LogP contribution is -2.05. The van der Waals surface area contributed by atoms with Gasteiger partial charge < -0.3 is 10.5 Å². The highest BCUT2D eigenvalue weighted by molar-refractivity contribution is 5.78. The Labute approximate surface area is 122 Å². The van der Waals surface area contributed by atoms with Crippen molar-refractivity contribution in [1.82, 2.24) is 19.5 Å². The maximum absolute atomic E-state index is 5.98. The first-order valence-corrected chi connectivity index (χ1v) is 6.84.